The molecule has 1 N–H and O–H groups in total. The molecule has 0 aromatic rings. The highest BCUT2D eigenvalue weighted by molar-refractivity contribution is 5.75. The average molecular weight is 201 g/mol. The van der Waals surface area contributed by atoms with Crippen molar-refractivity contribution in [2.24, 2.45) is 5.41 Å². The van der Waals surface area contributed by atoms with E-state index in [9.17, 15) is 9.90 Å². The zero-order chi connectivity index (χ0) is 10.8. The molecule has 2 unspecified atom stereocenters. The number of hydrogen-bond acceptors (Lipinski definition) is 3. The first-order chi connectivity index (χ1) is 6.56. The van der Waals surface area contributed by atoms with Crippen LogP contribution in [-0.4, -0.2) is 48.3 Å². The Balaban J connectivity index is 2.81. The Kier molecular flexibility index (Phi) is 3.50. The third-order valence-electron chi connectivity index (χ3n) is 3.15. The van der Waals surface area contributed by atoms with Crippen molar-refractivity contribution in [2.45, 2.75) is 26.8 Å². The van der Waals surface area contributed by atoms with Crippen LogP contribution in [0.15, 0.2) is 0 Å². The van der Waals surface area contributed by atoms with Crippen LogP contribution < -0.4 is 0 Å². The molecule has 1 saturated heterocycles. The van der Waals surface area contributed by atoms with Crippen LogP contribution in [-0.2, 0) is 9.53 Å². The first kappa shape index (κ1) is 11.5. The predicted molar refractivity (Wildman–Crippen MR) is 53.3 cm³/mol. The topological polar surface area (TPSA) is 49.8 Å². The molecule has 0 aromatic heterocycles. The normalized spacial score (nSPS) is 32.4. The van der Waals surface area contributed by atoms with Gasteiger partial charge in [-0.2, -0.15) is 0 Å². The van der Waals surface area contributed by atoms with Gasteiger partial charge in [0.2, 0.25) is 0 Å². The van der Waals surface area contributed by atoms with Crippen LogP contribution in [0.5, 0.6) is 0 Å². The van der Waals surface area contributed by atoms with E-state index in [-0.39, 0.29) is 6.04 Å². The summed E-state index contributed by atoms with van der Waals surface area (Å²) >= 11 is 0. The largest absolute Gasteiger partial charge is 0.481 e. The van der Waals surface area contributed by atoms with Crippen LogP contribution in [0.3, 0.4) is 0 Å². The number of likely N-dealkylation sites (N-methyl/N-ethyl adjacent to an activating group) is 1. The molecule has 1 aliphatic rings. The van der Waals surface area contributed by atoms with Crippen LogP contribution in [0.25, 0.3) is 0 Å². The highest BCUT2D eigenvalue weighted by Gasteiger charge is 2.48. The minimum absolute atomic E-state index is 0.00926. The Morgan fingerprint density at radius 3 is 2.57 bits per heavy atom. The van der Waals surface area contributed by atoms with Gasteiger partial charge < -0.3 is 9.84 Å². The van der Waals surface area contributed by atoms with Crippen molar-refractivity contribution in [3.8, 4) is 0 Å². The Bertz CT molecular complexity index is 215. The lowest BCUT2D eigenvalue weighted by atomic mass is 9.84. The number of carboxylic acids is 1. The van der Waals surface area contributed by atoms with E-state index in [1.807, 2.05) is 13.8 Å². The molecular formula is C10H19NO3. The molecule has 0 saturated carbocycles. The number of carboxylic acid groups (broad SMARTS) is 1. The maximum atomic E-state index is 11.2. The molecule has 0 spiro atoms. The molecule has 4 heteroatoms. The van der Waals surface area contributed by atoms with Crippen molar-refractivity contribution in [3.05, 3.63) is 0 Å². The van der Waals surface area contributed by atoms with Crippen molar-refractivity contribution < 1.29 is 14.6 Å². The van der Waals surface area contributed by atoms with Crippen molar-refractivity contribution in [3.63, 3.8) is 0 Å². The highest BCUT2D eigenvalue weighted by atomic mass is 16.5. The molecule has 1 aliphatic heterocycles. The number of aliphatic carboxylic acids is 1. The zero-order valence-electron chi connectivity index (χ0n) is 9.12. The molecule has 0 bridgehead atoms. The summed E-state index contributed by atoms with van der Waals surface area (Å²) in [6.45, 7) is 8.45. The lowest BCUT2D eigenvalue weighted by Crippen LogP contribution is -2.49. The minimum atomic E-state index is -0.757. The SMILES string of the molecule is CCN(CC)C1COCC1(C)C(=O)O. The van der Waals surface area contributed by atoms with E-state index in [1.54, 1.807) is 6.92 Å². The predicted octanol–water partition coefficient (Wildman–Crippen LogP) is 0.818. The van der Waals surface area contributed by atoms with E-state index >= 15 is 0 Å². The molecule has 0 radical (unpaired) electrons. The standard InChI is InChI=1S/C10H19NO3/c1-4-11(5-2)8-6-14-7-10(8,3)9(12)13/h8H,4-7H2,1-3H3,(H,12,13). The monoisotopic (exact) mass is 201 g/mol. The van der Waals surface area contributed by atoms with E-state index in [1.165, 1.54) is 0 Å². The second-order valence-corrected chi connectivity index (χ2v) is 3.97. The Hall–Kier alpha value is -0.610. The fourth-order valence-corrected chi connectivity index (χ4v) is 2.04. The molecule has 1 fully saturated rings. The Labute approximate surface area is 84.8 Å². The van der Waals surface area contributed by atoms with Gasteiger partial charge in [0.15, 0.2) is 0 Å². The summed E-state index contributed by atoms with van der Waals surface area (Å²) in [5.74, 6) is -0.757. The van der Waals surface area contributed by atoms with E-state index in [2.05, 4.69) is 4.90 Å². The van der Waals surface area contributed by atoms with Crippen molar-refractivity contribution >= 4 is 5.97 Å². The van der Waals surface area contributed by atoms with E-state index in [0.717, 1.165) is 13.1 Å². The van der Waals surface area contributed by atoms with Crippen LogP contribution in [0, 0.1) is 5.41 Å². The number of nitrogens with zero attached hydrogens (tertiary/aromatic N) is 1. The fraction of sp³-hybridized carbons (Fsp3) is 0.900. The first-order valence-corrected chi connectivity index (χ1v) is 5.11. The maximum Gasteiger partial charge on any atom is 0.313 e. The summed E-state index contributed by atoms with van der Waals surface area (Å²) in [7, 11) is 0. The second kappa shape index (κ2) is 4.28. The summed E-state index contributed by atoms with van der Waals surface area (Å²) in [6.07, 6.45) is 0. The van der Waals surface area contributed by atoms with Gasteiger partial charge in [0, 0.05) is 0 Å². The van der Waals surface area contributed by atoms with E-state index in [0.29, 0.717) is 13.2 Å². The van der Waals surface area contributed by atoms with Crippen LogP contribution >= 0.6 is 0 Å². The molecule has 82 valence electrons. The van der Waals surface area contributed by atoms with Gasteiger partial charge in [-0.3, -0.25) is 9.69 Å². The van der Waals surface area contributed by atoms with Crippen LogP contribution in [0.4, 0.5) is 0 Å². The third-order valence-corrected chi connectivity index (χ3v) is 3.15. The summed E-state index contributed by atoms with van der Waals surface area (Å²) in [5, 5.41) is 9.18. The Morgan fingerprint density at radius 1 is 1.57 bits per heavy atom. The molecule has 0 aromatic carbocycles. The average Bonchev–Trinajstić information content (AvgIpc) is 2.52. The van der Waals surface area contributed by atoms with Gasteiger partial charge in [0.05, 0.1) is 19.3 Å². The number of hydrogen-bond donors (Lipinski definition) is 1. The van der Waals surface area contributed by atoms with E-state index in [4.69, 9.17) is 4.74 Å². The second-order valence-electron chi connectivity index (χ2n) is 3.97. The molecule has 1 rings (SSSR count). The first-order valence-electron chi connectivity index (χ1n) is 5.11. The van der Waals surface area contributed by atoms with Crippen LogP contribution in [0.1, 0.15) is 20.8 Å². The van der Waals surface area contributed by atoms with Gasteiger partial charge in [-0.15, -0.1) is 0 Å². The number of ether oxygens (including phenoxy) is 1. The maximum absolute atomic E-state index is 11.2. The summed E-state index contributed by atoms with van der Waals surface area (Å²) < 4.78 is 5.30. The van der Waals surface area contributed by atoms with Crippen LogP contribution in [0.2, 0.25) is 0 Å². The molecule has 0 amide bonds. The van der Waals surface area contributed by atoms with Crippen molar-refractivity contribution in [1.29, 1.82) is 0 Å². The quantitative estimate of drug-likeness (QED) is 0.731. The summed E-state index contributed by atoms with van der Waals surface area (Å²) in [4.78, 5) is 13.3. The molecule has 0 aliphatic carbocycles. The van der Waals surface area contributed by atoms with Gasteiger partial charge in [0.25, 0.3) is 0 Å². The summed E-state index contributed by atoms with van der Waals surface area (Å²) in [6, 6.07) is 0.00926. The van der Waals surface area contributed by atoms with Gasteiger partial charge in [0.1, 0.15) is 5.41 Å². The lowest BCUT2D eigenvalue weighted by molar-refractivity contribution is -0.150. The lowest BCUT2D eigenvalue weighted by Gasteiger charge is -2.33. The Morgan fingerprint density at radius 2 is 2.14 bits per heavy atom. The molecular weight excluding hydrogens is 182 g/mol. The van der Waals surface area contributed by atoms with Crippen molar-refractivity contribution in [1.82, 2.24) is 4.90 Å². The third kappa shape index (κ3) is 1.77. The van der Waals surface area contributed by atoms with Crippen molar-refractivity contribution in [2.75, 3.05) is 26.3 Å². The molecule has 1 heterocycles. The highest BCUT2D eigenvalue weighted by Crippen LogP contribution is 2.32. The number of carbonyl (C=O) groups is 1. The smallest absolute Gasteiger partial charge is 0.313 e. The zero-order valence-corrected chi connectivity index (χ0v) is 9.12. The van der Waals surface area contributed by atoms with Gasteiger partial charge in [-0.05, 0) is 20.0 Å². The number of rotatable bonds is 4. The fourth-order valence-electron chi connectivity index (χ4n) is 2.04. The molecule has 2 atom stereocenters. The molecule has 14 heavy (non-hydrogen) atoms. The summed E-state index contributed by atoms with van der Waals surface area (Å²) in [5.41, 5.74) is -0.744. The van der Waals surface area contributed by atoms with E-state index < -0.39 is 11.4 Å². The van der Waals surface area contributed by atoms with Gasteiger partial charge in [-0.1, -0.05) is 13.8 Å². The van der Waals surface area contributed by atoms with Gasteiger partial charge in [-0.25, -0.2) is 0 Å². The van der Waals surface area contributed by atoms with Gasteiger partial charge >= 0.3 is 5.97 Å². The minimum Gasteiger partial charge on any atom is -0.481 e. The molecule has 4 nitrogen and oxygen atoms in total.